The quantitative estimate of drug-likeness (QED) is 0.845. The lowest BCUT2D eigenvalue weighted by Gasteiger charge is -2.28. The maximum absolute atomic E-state index is 5.84. The highest BCUT2D eigenvalue weighted by atomic mass is 79.9. The van der Waals surface area contributed by atoms with E-state index in [-0.39, 0.29) is 0 Å². The molecule has 0 saturated heterocycles. The van der Waals surface area contributed by atoms with Crippen molar-refractivity contribution in [3.05, 3.63) is 27.7 Å². The van der Waals surface area contributed by atoms with Gasteiger partial charge in [0.05, 0.1) is 0 Å². The molecule has 0 radical (unpaired) electrons. The fourth-order valence-electron chi connectivity index (χ4n) is 1.38. The van der Waals surface area contributed by atoms with Crippen LogP contribution in [-0.2, 0) is 0 Å². The van der Waals surface area contributed by atoms with E-state index in [2.05, 4.69) is 21.2 Å². The van der Waals surface area contributed by atoms with Crippen LogP contribution in [0, 0.1) is 0 Å². The van der Waals surface area contributed by atoms with Crippen LogP contribution in [0.2, 0.25) is 5.02 Å². The number of hydrogen-bond donors (Lipinski definition) is 1. The van der Waals surface area contributed by atoms with Crippen molar-refractivity contribution >= 4 is 33.2 Å². The third kappa shape index (κ3) is 2.18. The van der Waals surface area contributed by atoms with Gasteiger partial charge >= 0.3 is 0 Å². The van der Waals surface area contributed by atoms with Crippen LogP contribution in [0.4, 0.5) is 5.69 Å². The summed E-state index contributed by atoms with van der Waals surface area (Å²) in [5.74, 6) is 0. The predicted molar refractivity (Wildman–Crippen MR) is 60.4 cm³/mol. The summed E-state index contributed by atoms with van der Waals surface area (Å²) >= 11 is 9.33. The standard InChI is InChI=1S/C10H11BrClN/c11-9-6-7(12)4-5-10(9)13-8-2-1-3-8/h4-6,8,13H,1-3H2. The van der Waals surface area contributed by atoms with E-state index in [1.54, 1.807) is 0 Å². The minimum atomic E-state index is 0.664. The molecular weight excluding hydrogens is 249 g/mol. The molecule has 0 heterocycles. The topological polar surface area (TPSA) is 12.0 Å². The van der Waals surface area contributed by atoms with E-state index in [1.165, 1.54) is 19.3 Å². The molecule has 0 unspecified atom stereocenters. The molecule has 1 aliphatic carbocycles. The Balaban J connectivity index is 2.10. The van der Waals surface area contributed by atoms with Gasteiger partial charge in [-0.3, -0.25) is 0 Å². The Morgan fingerprint density at radius 2 is 2.15 bits per heavy atom. The highest BCUT2D eigenvalue weighted by molar-refractivity contribution is 9.10. The second-order valence-electron chi connectivity index (χ2n) is 3.40. The van der Waals surface area contributed by atoms with Crippen molar-refractivity contribution in [1.82, 2.24) is 0 Å². The third-order valence-electron chi connectivity index (χ3n) is 2.40. The Labute approximate surface area is 91.6 Å². The minimum absolute atomic E-state index is 0.664. The lowest BCUT2D eigenvalue weighted by molar-refractivity contribution is 0.445. The molecule has 0 atom stereocenters. The lowest BCUT2D eigenvalue weighted by Crippen LogP contribution is -2.27. The van der Waals surface area contributed by atoms with Gasteiger partial charge in [-0.05, 0) is 53.4 Å². The van der Waals surface area contributed by atoms with E-state index in [9.17, 15) is 0 Å². The number of hydrogen-bond acceptors (Lipinski definition) is 1. The van der Waals surface area contributed by atoms with Gasteiger partial charge in [-0.2, -0.15) is 0 Å². The predicted octanol–water partition coefficient (Wildman–Crippen LogP) is 4.07. The van der Waals surface area contributed by atoms with Crippen LogP contribution < -0.4 is 5.32 Å². The van der Waals surface area contributed by atoms with Gasteiger partial charge in [0.15, 0.2) is 0 Å². The first-order chi connectivity index (χ1) is 6.25. The van der Waals surface area contributed by atoms with Gasteiger partial charge in [0, 0.05) is 21.2 Å². The number of rotatable bonds is 2. The van der Waals surface area contributed by atoms with Gasteiger partial charge in [-0.25, -0.2) is 0 Å². The van der Waals surface area contributed by atoms with Crippen molar-refractivity contribution in [2.24, 2.45) is 0 Å². The zero-order valence-corrected chi connectivity index (χ0v) is 9.53. The highest BCUT2D eigenvalue weighted by Crippen LogP contribution is 2.30. The molecule has 0 amide bonds. The molecule has 1 N–H and O–H groups in total. The average Bonchev–Trinajstić information content (AvgIpc) is 1.99. The summed E-state index contributed by atoms with van der Waals surface area (Å²) in [6.07, 6.45) is 3.92. The molecule has 1 nitrogen and oxygen atoms in total. The summed E-state index contributed by atoms with van der Waals surface area (Å²) in [5.41, 5.74) is 1.15. The van der Waals surface area contributed by atoms with E-state index < -0.39 is 0 Å². The van der Waals surface area contributed by atoms with E-state index >= 15 is 0 Å². The second-order valence-corrected chi connectivity index (χ2v) is 4.69. The van der Waals surface area contributed by atoms with E-state index in [0.29, 0.717) is 6.04 Å². The first kappa shape index (κ1) is 9.35. The molecule has 1 saturated carbocycles. The molecule has 13 heavy (non-hydrogen) atoms. The second kappa shape index (κ2) is 3.89. The Morgan fingerprint density at radius 1 is 1.38 bits per heavy atom. The molecule has 0 bridgehead atoms. The normalized spacial score (nSPS) is 16.8. The van der Waals surface area contributed by atoms with E-state index in [1.807, 2.05) is 18.2 Å². The van der Waals surface area contributed by atoms with Crippen molar-refractivity contribution < 1.29 is 0 Å². The van der Waals surface area contributed by atoms with Crippen LogP contribution in [0.5, 0.6) is 0 Å². The van der Waals surface area contributed by atoms with Crippen molar-refractivity contribution in [3.63, 3.8) is 0 Å². The summed E-state index contributed by atoms with van der Waals surface area (Å²) < 4.78 is 1.05. The smallest absolute Gasteiger partial charge is 0.0487 e. The largest absolute Gasteiger partial charge is 0.381 e. The maximum Gasteiger partial charge on any atom is 0.0487 e. The molecule has 1 fully saturated rings. The molecule has 0 aromatic heterocycles. The molecule has 70 valence electrons. The molecular formula is C10H11BrClN. The van der Waals surface area contributed by atoms with Crippen molar-refractivity contribution in [2.75, 3.05) is 5.32 Å². The van der Waals surface area contributed by atoms with E-state index in [0.717, 1.165) is 15.2 Å². The number of nitrogens with one attached hydrogen (secondary N) is 1. The van der Waals surface area contributed by atoms with Crippen molar-refractivity contribution in [3.8, 4) is 0 Å². The first-order valence-electron chi connectivity index (χ1n) is 4.47. The number of halogens is 2. The van der Waals surface area contributed by atoms with Crippen LogP contribution in [-0.4, -0.2) is 6.04 Å². The van der Waals surface area contributed by atoms with Crippen molar-refractivity contribution in [1.29, 1.82) is 0 Å². The molecule has 1 aliphatic rings. The summed E-state index contributed by atoms with van der Waals surface area (Å²) in [7, 11) is 0. The van der Waals surface area contributed by atoms with E-state index in [4.69, 9.17) is 11.6 Å². The van der Waals surface area contributed by atoms with Crippen LogP contribution in [0.15, 0.2) is 22.7 Å². The molecule has 0 spiro atoms. The van der Waals surface area contributed by atoms with Crippen LogP contribution in [0.25, 0.3) is 0 Å². The monoisotopic (exact) mass is 259 g/mol. The minimum Gasteiger partial charge on any atom is -0.381 e. The number of anilines is 1. The van der Waals surface area contributed by atoms with Gasteiger partial charge in [0.2, 0.25) is 0 Å². The van der Waals surface area contributed by atoms with Gasteiger partial charge < -0.3 is 5.32 Å². The summed E-state index contributed by atoms with van der Waals surface area (Å²) in [4.78, 5) is 0. The highest BCUT2D eigenvalue weighted by Gasteiger charge is 2.17. The van der Waals surface area contributed by atoms with Gasteiger partial charge in [-0.1, -0.05) is 11.6 Å². The molecule has 3 heteroatoms. The fraction of sp³-hybridized carbons (Fsp3) is 0.400. The first-order valence-corrected chi connectivity index (χ1v) is 5.64. The Bertz CT molecular complexity index is 310. The molecule has 2 rings (SSSR count). The SMILES string of the molecule is Clc1ccc(NC2CCC2)c(Br)c1. The summed E-state index contributed by atoms with van der Waals surface area (Å²) in [6, 6.07) is 6.51. The zero-order valence-electron chi connectivity index (χ0n) is 7.19. The Morgan fingerprint density at radius 3 is 2.69 bits per heavy atom. The van der Waals surface area contributed by atoms with Crippen molar-refractivity contribution in [2.45, 2.75) is 25.3 Å². The van der Waals surface area contributed by atoms with Crippen LogP contribution in [0.1, 0.15) is 19.3 Å². The number of benzene rings is 1. The summed E-state index contributed by atoms with van der Waals surface area (Å²) in [6.45, 7) is 0. The van der Waals surface area contributed by atoms with Crippen LogP contribution in [0.3, 0.4) is 0 Å². The fourth-order valence-corrected chi connectivity index (χ4v) is 2.18. The van der Waals surface area contributed by atoms with Gasteiger partial charge in [0.1, 0.15) is 0 Å². The molecule has 0 aliphatic heterocycles. The molecule has 1 aromatic rings. The zero-order chi connectivity index (χ0) is 9.26. The van der Waals surface area contributed by atoms with Gasteiger partial charge in [-0.15, -0.1) is 0 Å². The Hall–Kier alpha value is -0.210. The van der Waals surface area contributed by atoms with Gasteiger partial charge in [0.25, 0.3) is 0 Å². The van der Waals surface area contributed by atoms with Crippen LogP contribution >= 0.6 is 27.5 Å². The third-order valence-corrected chi connectivity index (χ3v) is 3.29. The molecule has 1 aromatic carbocycles. The average molecular weight is 261 g/mol. The Kier molecular flexibility index (Phi) is 2.80. The summed E-state index contributed by atoms with van der Waals surface area (Å²) in [5, 5.41) is 4.24. The lowest BCUT2D eigenvalue weighted by atomic mass is 9.93. The maximum atomic E-state index is 5.84.